The zero-order valence-corrected chi connectivity index (χ0v) is 14.1. The zero-order chi connectivity index (χ0) is 17.2. The highest BCUT2D eigenvalue weighted by Crippen LogP contribution is 2.19. The van der Waals surface area contributed by atoms with Crippen molar-refractivity contribution in [2.45, 2.75) is 11.8 Å². The average molecular weight is 363 g/mol. The Morgan fingerprint density at radius 3 is 2.54 bits per heavy atom. The minimum atomic E-state index is -3.77. The third-order valence-corrected chi connectivity index (χ3v) is 5.27. The first-order valence-corrected chi connectivity index (χ1v) is 9.21. The standard InChI is InChI=1S/C15H13N3O4S2/c1-10-9-14(17-22-10)18-24(20,21)12-6-4-11(5-7-12)16-15(19)13-3-2-8-23-13/h2-9H,1H3,(H,16,19)(H,17,18). The van der Waals surface area contributed by atoms with E-state index in [0.717, 1.165) is 0 Å². The number of sulfonamides is 1. The topological polar surface area (TPSA) is 101 Å². The van der Waals surface area contributed by atoms with Gasteiger partial charge in [-0.2, -0.15) is 0 Å². The maximum atomic E-state index is 12.3. The summed E-state index contributed by atoms with van der Waals surface area (Å²) in [6.45, 7) is 1.66. The van der Waals surface area contributed by atoms with Crippen LogP contribution < -0.4 is 10.0 Å². The van der Waals surface area contributed by atoms with Crippen molar-refractivity contribution in [1.82, 2.24) is 5.16 Å². The quantitative estimate of drug-likeness (QED) is 0.725. The number of thiophene rings is 1. The molecule has 124 valence electrons. The molecule has 2 heterocycles. The predicted octanol–water partition coefficient (Wildman–Crippen LogP) is 3.10. The first kappa shape index (κ1) is 16.2. The maximum Gasteiger partial charge on any atom is 0.265 e. The molecule has 9 heteroatoms. The number of benzene rings is 1. The van der Waals surface area contributed by atoms with E-state index in [2.05, 4.69) is 15.2 Å². The molecule has 0 saturated heterocycles. The smallest absolute Gasteiger partial charge is 0.265 e. The molecule has 0 radical (unpaired) electrons. The summed E-state index contributed by atoms with van der Waals surface area (Å²) in [5.41, 5.74) is 0.504. The van der Waals surface area contributed by atoms with E-state index in [-0.39, 0.29) is 16.6 Å². The molecule has 1 amide bonds. The number of aryl methyl sites for hydroxylation is 1. The van der Waals surface area contributed by atoms with Gasteiger partial charge < -0.3 is 9.84 Å². The largest absolute Gasteiger partial charge is 0.360 e. The molecule has 3 rings (SSSR count). The van der Waals surface area contributed by atoms with Crippen LogP contribution in [0.1, 0.15) is 15.4 Å². The molecule has 0 saturated carbocycles. The summed E-state index contributed by atoms with van der Waals surface area (Å²) < 4.78 is 31.6. The van der Waals surface area contributed by atoms with E-state index in [4.69, 9.17) is 4.52 Å². The molecule has 2 N–H and O–H groups in total. The minimum absolute atomic E-state index is 0.0530. The fourth-order valence-corrected chi connectivity index (χ4v) is 3.53. The van der Waals surface area contributed by atoms with Crippen LogP contribution in [0.5, 0.6) is 0 Å². The van der Waals surface area contributed by atoms with Gasteiger partial charge in [0.15, 0.2) is 5.82 Å². The Morgan fingerprint density at radius 1 is 1.21 bits per heavy atom. The summed E-state index contributed by atoms with van der Waals surface area (Å²) in [5.74, 6) is 0.374. The molecule has 0 spiro atoms. The van der Waals surface area contributed by atoms with Crippen molar-refractivity contribution in [1.29, 1.82) is 0 Å². The molecule has 1 aromatic carbocycles. The van der Waals surface area contributed by atoms with Crippen LogP contribution in [0, 0.1) is 6.92 Å². The molecule has 7 nitrogen and oxygen atoms in total. The monoisotopic (exact) mass is 363 g/mol. The molecular formula is C15H13N3O4S2. The lowest BCUT2D eigenvalue weighted by molar-refractivity contribution is 0.103. The molecule has 0 unspecified atom stereocenters. The van der Waals surface area contributed by atoms with Crippen molar-refractivity contribution in [2.24, 2.45) is 0 Å². The number of anilines is 2. The van der Waals surface area contributed by atoms with Gasteiger partial charge in [-0.1, -0.05) is 11.2 Å². The van der Waals surface area contributed by atoms with Gasteiger partial charge in [-0.15, -0.1) is 11.3 Å². The van der Waals surface area contributed by atoms with Crippen LogP contribution in [-0.4, -0.2) is 19.5 Å². The number of amides is 1. The third kappa shape index (κ3) is 3.63. The fourth-order valence-electron chi connectivity index (χ4n) is 1.93. The van der Waals surface area contributed by atoms with Gasteiger partial charge in [0.05, 0.1) is 9.77 Å². The van der Waals surface area contributed by atoms with Gasteiger partial charge in [0.25, 0.3) is 15.9 Å². The van der Waals surface area contributed by atoms with Crippen LogP contribution in [-0.2, 0) is 10.0 Å². The van der Waals surface area contributed by atoms with Crippen LogP contribution >= 0.6 is 11.3 Å². The van der Waals surface area contributed by atoms with E-state index in [1.807, 2.05) is 5.38 Å². The molecule has 0 aliphatic rings. The number of hydrogen-bond acceptors (Lipinski definition) is 6. The summed E-state index contributed by atoms with van der Waals surface area (Å²) in [5, 5.41) is 8.10. The number of carbonyl (C=O) groups is 1. The van der Waals surface area contributed by atoms with E-state index in [9.17, 15) is 13.2 Å². The van der Waals surface area contributed by atoms with E-state index in [1.54, 1.807) is 19.1 Å². The van der Waals surface area contributed by atoms with E-state index >= 15 is 0 Å². The molecule has 0 aliphatic heterocycles. The maximum absolute atomic E-state index is 12.3. The van der Waals surface area contributed by atoms with Gasteiger partial charge in [0.2, 0.25) is 0 Å². The highest BCUT2D eigenvalue weighted by atomic mass is 32.2. The van der Waals surface area contributed by atoms with Crippen molar-refractivity contribution >= 4 is 38.8 Å². The van der Waals surface area contributed by atoms with Crippen LogP contribution in [0.4, 0.5) is 11.5 Å². The fraction of sp³-hybridized carbons (Fsp3) is 0.0667. The van der Waals surface area contributed by atoms with E-state index < -0.39 is 10.0 Å². The molecular weight excluding hydrogens is 350 g/mol. The van der Waals surface area contributed by atoms with Gasteiger partial charge in [0, 0.05) is 11.8 Å². The summed E-state index contributed by atoms with van der Waals surface area (Å²) in [7, 11) is -3.77. The second kappa shape index (κ2) is 6.46. The van der Waals surface area contributed by atoms with Crippen LogP contribution in [0.15, 0.2) is 57.3 Å². The van der Waals surface area contributed by atoms with Gasteiger partial charge in [-0.05, 0) is 42.6 Å². The van der Waals surface area contributed by atoms with Gasteiger partial charge in [-0.25, -0.2) is 8.42 Å². The summed E-state index contributed by atoms with van der Waals surface area (Å²) in [6, 6.07) is 10.8. The number of carbonyl (C=O) groups excluding carboxylic acids is 1. The lowest BCUT2D eigenvalue weighted by Crippen LogP contribution is -2.14. The van der Waals surface area contributed by atoms with Gasteiger partial charge in [-0.3, -0.25) is 9.52 Å². The Labute approximate surface area is 142 Å². The molecule has 2 aromatic heterocycles. The molecule has 0 aliphatic carbocycles. The molecule has 0 fully saturated rings. The molecule has 0 atom stereocenters. The molecule has 24 heavy (non-hydrogen) atoms. The van der Waals surface area contributed by atoms with E-state index in [1.165, 1.54) is 41.7 Å². The second-order valence-electron chi connectivity index (χ2n) is 4.88. The summed E-state index contributed by atoms with van der Waals surface area (Å²) in [6.07, 6.45) is 0. The third-order valence-electron chi connectivity index (χ3n) is 3.03. The zero-order valence-electron chi connectivity index (χ0n) is 12.5. The predicted molar refractivity (Wildman–Crippen MR) is 90.8 cm³/mol. The highest BCUT2D eigenvalue weighted by molar-refractivity contribution is 7.92. The second-order valence-corrected chi connectivity index (χ2v) is 7.51. The summed E-state index contributed by atoms with van der Waals surface area (Å²) >= 11 is 1.33. The van der Waals surface area contributed by atoms with Crippen molar-refractivity contribution in [3.63, 3.8) is 0 Å². The Morgan fingerprint density at radius 2 is 1.96 bits per heavy atom. The molecule has 3 aromatic rings. The van der Waals surface area contributed by atoms with Crippen molar-refractivity contribution in [3.05, 3.63) is 58.5 Å². The number of nitrogens with zero attached hydrogens (tertiary/aromatic N) is 1. The Hall–Kier alpha value is -2.65. The summed E-state index contributed by atoms with van der Waals surface area (Å²) in [4.78, 5) is 12.6. The minimum Gasteiger partial charge on any atom is -0.360 e. The Bertz CT molecular complexity index is 945. The number of aromatic nitrogens is 1. The normalized spacial score (nSPS) is 11.2. The first-order chi connectivity index (χ1) is 11.4. The molecule has 0 bridgehead atoms. The van der Waals surface area contributed by atoms with Crippen LogP contribution in [0.2, 0.25) is 0 Å². The number of nitrogens with one attached hydrogen (secondary N) is 2. The van der Waals surface area contributed by atoms with Gasteiger partial charge in [0.1, 0.15) is 5.76 Å². The van der Waals surface area contributed by atoms with Crippen LogP contribution in [0.25, 0.3) is 0 Å². The van der Waals surface area contributed by atoms with Crippen molar-refractivity contribution < 1.29 is 17.7 Å². The SMILES string of the molecule is Cc1cc(NS(=O)(=O)c2ccc(NC(=O)c3cccs3)cc2)no1. The lowest BCUT2D eigenvalue weighted by Gasteiger charge is -2.07. The Balaban J connectivity index is 1.72. The van der Waals surface area contributed by atoms with Crippen molar-refractivity contribution in [3.8, 4) is 0 Å². The average Bonchev–Trinajstić information content (AvgIpc) is 3.19. The lowest BCUT2D eigenvalue weighted by atomic mass is 10.3. The van der Waals surface area contributed by atoms with Gasteiger partial charge >= 0.3 is 0 Å². The number of hydrogen-bond donors (Lipinski definition) is 2. The first-order valence-electron chi connectivity index (χ1n) is 6.85. The van der Waals surface area contributed by atoms with E-state index in [0.29, 0.717) is 16.3 Å². The number of rotatable bonds is 5. The van der Waals surface area contributed by atoms with Crippen LogP contribution in [0.3, 0.4) is 0 Å². The highest BCUT2D eigenvalue weighted by Gasteiger charge is 2.16. The Kier molecular flexibility index (Phi) is 4.36. The van der Waals surface area contributed by atoms with Crippen molar-refractivity contribution in [2.75, 3.05) is 10.0 Å².